The van der Waals surface area contributed by atoms with Gasteiger partial charge in [-0.25, -0.2) is 4.39 Å². The van der Waals surface area contributed by atoms with Gasteiger partial charge in [0.25, 0.3) is 0 Å². The molecule has 0 aliphatic carbocycles. The standard InChI is InChI=1S/C24H32FN7/c1-16(25)12-18(13-26-2)21-15-31-23(28-4)22(27-3)24(32-21)29-11-7-8-17-14-30-20-10-6-5-9-19(17)20/h5-6,9-10,12-14,27,29-30,32H,7-8,11,15H2,1-4H3,(H,28,31)/b16-12+,21-18?,26-13?. The molecule has 1 aliphatic rings. The number of aryl methyl sites for hydroxylation is 1. The van der Waals surface area contributed by atoms with E-state index in [-0.39, 0.29) is 5.83 Å². The number of fused-ring (bicyclic) bond motifs is 1. The number of aromatic amines is 1. The van der Waals surface area contributed by atoms with Crippen molar-refractivity contribution >= 4 is 23.0 Å². The van der Waals surface area contributed by atoms with Crippen molar-refractivity contribution in [2.24, 2.45) is 9.98 Å². The monoisotopic (exact) mass is 437 g/mol. The number of likely N-dealkylation sites (N-methyl/N-ethyl adjacent to an activating group) is 1. The summed E-state index contributed by atoms with van der Waals surface area (Å²) in [5, 5.41) is 14.7. The van der Waals surface area contributed by atoms with Gasteiger partial charge in [-0.3, -0.25) is 9.98 Å². The molecule has 1 aromatic carbocycles. The number of para-hydroxylation sites is 1. The molecule has 0 saturated carbocycles. The maximum Gasteiger partial charge on any atom is 0.148 e. The number of benzene rings is 1. The Labute approximate surface area is 188 Å². The van der Waals surface area contributed by atoms with Gasteiger partial charge in [-0.2, -0.15) is 0 Å². The summed E-state index contributed by atoms with van der Waals surface area (Å²) < 4.78 is 13.7. The van der Waals surface area contributed by atoms with Crippen LogP contribution in [0.25, 0.3) is 10.9 Å². The van der Waals surface area contributed by atoms with Gasteiger partial charge in [-0.1, -0.05) is 18.2 Å². The molecule has 0 bridgehead atoms. The first-order valence-electron chi connectivity index (χ1n) is 10.8. The average Bonchev–Trinajstić information content (AvgIpc) is 3.10. The Morgan fingerprint density at radius 3 is 2.78 bits per heavy atom. The number of amidine groups is 1. The van der Waals surface area contributed by atoms with Crippen LogP contribution in [0.1, 0.15) is 18.9 Å². The molecule has 3 rings (SSSR count). The number of rotatable bonds is 8. The molecule has 0 atom stereocenters. The number of aliphatic imine (C=N–C) groups is 2. The van der Waals surface area contributed by atoms with Crippen LogP contribution in [0.3, 0.4) is 0 Å². The molecule has 5 N–H and O–H groups in total. The Morgan fingerprint density at radius 2 is 2.06 bits per heavy atom. The Morgan fingerprint density at radius 1 is 1.25 bits per heavy atom. The first-order chi connectivity index (χ1) is 15.6. The quantitative estimate of drug-likeness (QED) is 0.324. The lowest BCUT2D eigenvalue weighted by atomic mass is 10.1. The van der Waals surface area contributed by atoms with Gasteiger partial charge >= 0.3 is 0 Å². The first-order valence-corrected chi connectivity index (χ1v) is 10.8. The second-order valence-corrected chi connectivity index (χ2v) is 7.49. The van der Waals surface area contributed by atoms with Gasteiger partial charge < -0.3 is 26.3 Å². The van der Waals surface area contributed by atoms with Crippen LogP contribution in [-0.4, -0.2) is 51.3 Å². The van der Waals surface area contributed by atoms with Crippen LogP contribution in [0, 0.1) is 0 Å². The van der Waals surface area contributed by atoms with Crippen molar-refractivity contribution < 1.29 is 4.39 Å². The predicted octanol–water partition coefficient (Wildman–Crippen LogP) is 3.13. The third kappa shape index (κ3) is 5.57. The van der Waals surface area contributed by atoms with Crippen LogP contribution in [0.2, 0.25) is 0 Å². The molecule has 170 valence electrons. The van der Waals surface area contributed by atoms with E-state index < -0.39 is 0 Å². The molecule has 2 heterocycles. The number of H-pyrrole nitrogens is 1. The van der Waals surface area contributed by atoms with Crippen LogP contribution in [0.5, 0.6) is 0 Å². The van der Waals surface area contributed by atoms with E-state index in [2.05, 4.69) is 60.6 Å². The Balaban J connectivity index is 1.78. The van der Waals surface area contributed by atoms with Crippen molar-refractivity contribution in [1.29, 1.82) is 0 Å². The van der Waals surface area contributed by atoms with Crippen molar-refractivity contribution in [2.75, 3.05) is 34.2 Å². The molecule has 2 aromatic rings. The van der Waals surface area contributed by atoms with Crippen molar-refractivity contribution in [1.82, 2.24) is 26.3 Å². The zero-order valence-corrected chi connectivity index (χ0v) is 19.1. The summed E-state index contributed by atoms with van der Waals surface area (Å²) in [6, 6.07) is 8.34. The first kappa shape index (κ1) is 23.1. The van der Waals surface area contributed by atoms with Crippen molar-refractivity contribution in [3.05, 3.63) is 70.7 Å². The molecule has 7 nitrogen and oxygen atoms in total. The van der Waals surface area contributed by atoms with Gasteiger partial charge in [0.2, 0.25) is 0 Å². The average molecular weight is 438 g/mol. The zero-order chi connectivity index (χ0) is 22.9. The summed E-state index contributed by atoms with van der Waals surface area (Å²) in [7, 11) is 5.26. The topological polar surface area (TPSA) is 88.6 Å². The largest absolute Gasteiger partial charge is 0.382 e. The van der Waals surface area contributed by atoms with E-state index in [9.17, 15) is 4.39 Å². The highest BCUT2D eigenvalue weighted by Crippen LogP contribution is 2.19. The molecule has 8 heteroatoms. The van der Waals surface area contributed by atoms with Gasteiger partial charge in [-0.05, 0) is 37.5 Å². The summed E-state index contributed by atoms with van der Waals surface area (Å²) in [4.78, 5) is 11.8. The van der Waals surface area contributed by atoms with Crippen LogP contribution < -0.4 is 21.3 Å². The van der Waals surface area contributed by atoms with E-state index in [1.807, 2.05) is 13.1 Å². The number of aromatic nitrogens is 1. The zero-order valence-electron chi connectivity index (χ0n) is 19.1. The van der Waals surface area contributed by atoms with Gasteiger partial charge in [0.05, 0.1) is 12.4 Å². The second kappa shape index (κ2) is 11.2. The number of allylic oxidation sites excluding steroid dienone is 3. The predicted molar refractivity (Wildman–Crippen MR) is 132 cm³/mol. The number of hydrogen-bond donors (Lipinski definition) is 5. The van der Waals surface area contributed by atoms with Gasteiger partial charge in [0.15, 0.2) is 0 Å². The molecular formula is C24H32FN7. The third-order valence-electron chi connectivity index (χ3n) is 5.24. The summed E-state index contributed by atoms with van der Waals surface area (Å²) in [6.45, 7) is 2.64. The molecule has 32 heavy (non-hydrogen) atoms. The molecule has 0 radical (unpaired) electrons. The number of halogens is 1. The number of nitrogens with zero attached hydrogens (tertiary/aromatic N) is 2. The maximum atomic E-state index is 13.7. The Hall–Kier alpha value is -3.55. The lowest BCUT2D eigenvalue weighted by molar-refractivity contribution is 0.639. The SMILES string of the molecule is CN=CC(/C=C(\C)F)=C1CNC(=NC)C(NC)=C(NCCCc2c[nH]c3ccccc23)N1. The van der Waals surface area contributed by atoms with Gasteiger partial charge in [0.1, 0.15) is 17.4 Å². The van der Waals surface area contributed by atoms with E-state index >= 15 is 0 Å². The summed E-state index contributed by atoms with van der Waals surface area (Å²) in [6.07, 6.45) is 7.10. The Kier molecular flexibility index (Phi) is 8.08. The highest BCUT2D eigenvalue weighted by atomic mass is 19.1. The minimum atomic E-state index is -0.283. The normalized spacial score (nSPS) is 18.0. The van der Waals surface area contributed by atoms with Crippen LogP contribution in [-0.2, 0) is 6.42 Å². The molecule has 0 unspecified atom stereocenters. The van der Waals surface area contributed by atoms with E-state index in [0.29, 0.717) is 12.1 Å². The molecule has 0 fully saturated rings. The van der Waals surface area contributed by atoms with Crippen molar-refractivity contribution in [3.8, 4) is 0 Å². The molecule has 1 aliphatic heterocycles. The van der Waals surface area contributed by atoms with Crippen LogP contribution >= 0.6 is 0 Å². The minimum absolute atomic E-state index is 0.283. The fourth-order valence-electron chi connectivity index (χ4n) is 3.76. The van der Waals surface area contributed by atoms with Gasteiger partial charge in [0, 0.05) is 62.3 Å². The minimum Gasteiger partial charge on any atom is -0.382 e. The fraction of sp³-hybridized carbons (Fsp3) is 0.333. The highest BCUT2D eigenvalue weighted by molar-refractivity contribution is 5.99. The third-order valence-corrected chi connectivity index (χ3v) is 5.24. The molecule has 1 aromatic heterocycles. The second-order valence-electron chi connectivity index (χ2n) is 7.49. The van der Waals surface area contributed by atoms with Crippen LogP contribution in [0.15, 0.2) is 75.1 Å². The van der Waals surface area contributed by atoms with E-state index in [0.717, 1.165) is 48.0 Å². The molecular weight excluding hydrogens is 405 g/mol. The van der Waals surface area contributed by atoms with E-state index in [1.165, 1.54) is 23.9 Å². The molecule has 0 saturated heterocycles. The van der Waals surface area contributed by atoms with Crippen molar-refractivity contribution in [2.45, 2.75) is 19.8 Å². The van der Waals surface area contributed by atoms with Crippen LogP contribution in [0.4, 0.5) is 4.39 Å². The summed E-state index contributed by atoms with van der Waals surface area (Å²) >= 11 is 0. The molecule has 0 amide bonds. The summed E-state index contributed by atoms with van der Waals surface area (Å²) in [5.41, 5.74) is 4.77. The van der Waals surface area contributed by atoms with Crippen molar-refractivity contribution in [3.63, 3.8) is 0 Å². The lowest BCUT2D eigenvalue weighted by Gasteiger charge is -2.17. The maximum absolute atomic E-state index is 13.7. The Bertz CT molecular complexity index is 1080. The summed E-state index contributed by atoms with van der Waals surface area (Å²) in [5.74, 6) is 1.23. The smallest absolute Gasteiger partial charge is 0.148 e. The van der Waals surface area contributed by atoms with E-state index in [4.69, 9.17) is 0 Å². The number of nitrogens with one attached hydrogen (secondary N) is 5. The van der Waals surface area contributed by atoms with Gasteiger partial charge in [-0.15, -0.1) is 0 Å². The van der Waals surface area contributed by atoms with E-state index in [1.54, 1.807) is 20.3 Å². The lowest BCUT2D eigenvalue weighted by Crippen LogP contribution is -2.34. The molecule has 0 spiro atoms. The number of hydrogen-bond acceptors (Lipinski definition) is 5. The highest BCUT2D eigenvalue weighted by Gasteiger charge is 2.19. The fourth-order valence-corrected chi connectivity index (χ4v) is 3.76.